The molecule has 8 atom stereocenters. The molecular weight excluding hydrogens is 284 g/mol. The van der Waals surface area contributed by atoms with Crippen LogP contribution in [-0.4, -0.2) is 17.0 Å². The van der Waals surface area contributed by atoms with Gasteiger partial charge in [0.05, 0.1) is 6.10 Å². The number of aliphatic hydroxyl groups is 1. The number of aliphatic hydroxyl groups excluding tert-OH is 1. The van der Waals surface area contributed by atoms with Crippen LogP contribution in [0, 0.1) is 40.4 Å². The van der Waals surface area contributed by atoms with E-state index in [2.05, 4.69) is 26.0 Å². The summed E-state index contributed by atoms with van der Waals surface area (Å²) in [6.45, 7) is 6.52. The van der Waals surface area contributed by atoms with Crippen molar-refractivity contribution in [3.05, 3.63) is 12.2 Å². The van der Waals surface area contributed by atoms with Crippen molar-refractivity contribution < 1.29 is 9.90 Å². The standard InChI is InChI=1S/C21H32O2/c1-13(22)16-9-10-17-15-8-7-14-6-4-5-11-20(14,2)19(15)18(23)12-21(16,17)3/h4-5,14-19,23H,6-12H2,1-3H3/t14-,15+,16-,17+,18+,19-,20+,21-/m1/s1. The normalized spacial score (nSPS) is 55.0. The Morgan fingerprint density at radius 3 is 2.61 bits per heavy atom. The second kappa shape index (κ2) is 5.18. The Balaban J connectivity index is 1.70. The molecule has 0 aromatic rings. The molecular formula is C21H32O2. The molecule has 4 rings (SSSR count). The van der Waals surface area contributed by atoms with E-state index in [9.17, 15) is 9.90 Å². The summed E-state index contributed by atoms with van der Waals surface area (Å²) in [5, 5.41) is 11.2. The fourth-order valence-electron chi connectivity index (χ4n) is 7.63. The average molecular weight is 316 g/mol. The monoisotopic (exact) mass is 316 g/mol. The molecule has 0 spiro atoms. The number of carbonyl (C=O) groups is 1. The summed E-state index contributed by atoms with van der Waals surface area (Å²) >= 11 is 0. The highest BCUT2D eigenvalue weighted by atomic mass is 16.3. The molecule has 0 amide bonds. The van der Waals surface area contributed by atoms with Crippen LogP contribution < -0.4 is 0 Å². The zero-order valence-electron chi connectivity index (χ0n) is 14.9. The Kier molecular flexibility index (Phi) is 3.58. The maximum absolute atomic E-state index is 12.2. The van der Waals surface area contributed by atoms with E-state index in [1.807, 2.05) is 0 Å². The molecule has 23 heavy (non-hydrogen) atoms. The van der Waals surface area contributed by atoms with E-state index in [1.165, 1.54) is 25.7 Å². The Bertz CT molecular complexity index is 538. The minimum Gasteiger partial charge on any atom is -0.393 e. The quantitative estimate of drug-likeness (QED) is 0.729. The zero-order valence-corrected chi connectivity index (χ0v) is 14.9. The van der Waals surface area contributed by atoms with E-state index in [0.717, 1.165) is 25.2 Å². The van der Waals surface area contributed by atoms with Crippen LogP contribution in [0.1, 0.15) is 65.7 Å². The van der Waals surface area contributed by atoms with Crippen molar-refractivity contribution >= 4 is 5.78 Å². The van der Waals surface area contributed by atoms with Crippen molar-refractivity contribution in [3.63, 3.8) is 0 Å². The molecule has 2 heteroatoms. The Morgan fingerprint density at radius 1 is 1.09 bits per heavy atom. The Labute approximate surface area is 140 Å². The zero-order chi connectivity index (χ0) is 16.4. The molecule has 0 radical (unpaired) electrons. The Hall–Kier alpha value is -0.630. The minimum atomic E-state index is -0.222. The molecule has 4 aliphatic carbocycles. The predicted octanol–water partition coefficient (Wildman–Crippen LogP) is 4.37. The maximum Gasteiger partial charge on any atom is 0.133 e. The molecule has 0 aromatic carbocycles. The van der Waals surface area contributed by atoms with E-state index in [4.69, 9.17) is 0 Å². The van der Waals surface area contributed by atoms with E-state index in [-0.39, 0.29) is 22.9 Å². The number of rotatable bonds is 1. The summed E-state index contributed by atoms with van der Waals surface area (Å²) in [5.41, 5.74) is 0.312. The van der Waals surface area contributed by atoms with Crippen molar-refractivity contribution in [1.82, 2.24) is 0 Å². The number of Topliss-reactive ketones (excluding diaryl/α,β-unsaturated/α-hetero) is 1. The lowest BCUT2D eigenvalue weighted by Crippen LogP contribution is -2.58. The lowest BCUT2D eigenvalue weighted by Gasteiger charge is -2.61. The van der Waals surface area contributed by atoms with Gasteiger partial charge < -0.3 is 5.11 Å². The first-order chi connectivity index (χ1) is 10.9. The highest BCUT2D eigenvalue weighted by molar-refractivity contribution is 5.79. The predicted molar refractivity (Wildman–Crippen MR) is 91.8 cm³/mol. The first-order valence-electron chi connectivity index (χ1n) is 9.71. The molecule has 0 heterocycles. The van der Waals surface area contributed by atoms with Crippen LogP contribution in [0.25, 0.3) is 0 Å². The topological polar surface area (TPSA) is 37.3 Å². The first kappa shape index (κ1) is 15.9. The summed E-state index contributed by atoms with van der Waals surface area (Å²) in [4.78, 5) is 12.2. The van der Waals surface area contributed by atoms with Gasteiger partial charge >= 0.3 is 0 Å². The first-order valence-corrected chi connectivity index (χ1v) is 9.71. The second-order valence-electron chi connectivity index (χ2n) is 9.51. The van der Waals surface area contributed by atoms with Gasteiger partial charge in [-0.15, -0.1) is 0 Å². The third-order valence-electron chi connectivity index (χ3n) is 8.63. The van der Waals surface area contributed by atoms with Crippen molar-refractivity contribution in [2.24, 2.45) is 40.4 Å². The van der Waals surface area contributed by atoms with Gasteiger partial charge in [0.1, 0.15) is 5.78 Å². The average Bonchev–Trinajstić information content (AvgIpc) is 2.82. The molecule has 3 fully saturated rings. The molecule has 0 unspecified atom stereocenters. The van der Waals surface area contributed by atoms with Gasteiger partial charge in [-0.3, -0.25) is 4.79 Å². The third-order valence-corrected chi connectivity index (χ3v) is 8.63. The number of fused-ring (bicyclic) bond motifs is 5. The van der Waals surface area contributed by atoms with Crippen LogP contribution in [0.4, 0.5) is 0 Å². The largest absolute Gasteiger partial charge is 0.393 e. The lowest BCUT2D eigenvalue weighted by atomic mass is 9.44. The van der Waals surface area contributed by atoms with E-state index < -0.39 is 0 Å². The third kappa shape index (κ3) is 2.06. The summed E-state index contributed by atoms with van der Waals surface area (Å²) in [6, 6.07) is 0. The fraction of sp³-hybridized carbons (Fsp3) is 0.857. The molecule has 0 saturated heterocycles. The van der Waals surface area contributed by atoms with Gasteiger partial charge in [0.2, 0.25) is 0 Å². The smallest absolute Gasteiger partial charge is 0.133 e. The van der Waals surface area contributed by atoms with Gasteiger partial charge in [0, 0.05) is 5.92 Å². The molecule has 1 N–H and O–H groups in total. The molecule has 2 nitrogen and oxygen atoms in total. The second-order valence-corrected chi connectivity index (χ2v) is 9.51. The number of ketones is 1. The van der Waals surface area contributed by atoms with Crippen LogP contribution in [0.15, 0.2) is 12.2 Å². The summed E-state index contributed by atoms with van der Waals surface area (Å²) < 4.78 is 0. The van der Waals surface area contributed by atoms with Crippen molar-refractivity contribution in [2.75, 3.05) is 0 Å². The van der Waals surface area contributed by atoms with Crippen molar-refractivity contribution in [3.8, 4) is 0 Å². The van der Waals surface area contributed by atoms with Crippen LogP contribution >= 0.6 is 0 Å². The van der Waals surface area contributed by atoms with Crippen LogP contribution in [-0.2, 0) is 4.79 Å². The van der Waals surface area contributed by atoms with E-state index in [0.29, 0.717) is 23.5 Å². The van der Waals surface area contributed by atoms with Gasteiger partial charge in [-0.1, -0.05) is 26.0 Å². The molecule has 0 bridgehead atoms. The van der Waals surface area contributed by atoms with Crippen LogP contribution in [0.2, 0.25) is 0 Å². The van der Waals surface area contributed by atoms with Gasteiger partial charge in [-0.2, -0.15) is 0 Å². The lowest BCUT2D eigenvalue weighted by molar-refractivity contribution is -0.162. The molecule has 4 aliphatic rings. The molecule has 0 aliphatic heterocycles. The SMILES string of the molecule is CC(=O)[C@H]1CC[C@H]2[C@@H]3CC[C@H]4CC=CC[C@]4(C)[C@H]3[C@@H](O)C[C@]12C. The molecule has 128 valence electrons. The number of hydrogen-bond acceptors (Lipinski definition) is 2. The van der Waals surface area contributed by atoms with E-state index in [1.54, 1.807) is 6.92 Å². The fourth-order valence-corrected chi connectivity index (χ4v) is 7.63. The molecule has 0 aromatic heterocycles. The molecule has 3 saturated carbocycles. The highest BCUT2D eigenvalue weighted by Crippen LogP contribution is 2.66. The van der Waals surface area contributed by atoms with Gasteiger partial charge in [-0.25, -0.2) is 0 Å². The Morgan fingerprint density at radius 2 is 1.87 bits per heavy atom. The van der Waals surface area contributed by atoms with Crippen LogP contribution in [0.5, 0.6) is 0 Å². The number of hydrogen-bond donors (Lipinski definition) is 1. The van der Waals surface area contributed by atoms with Gasteiger partial charge in [0.15, 0.2) is 0 Å². The van der Waals surface area contributed by atoms with Crippen LogP contribution in [0.3, 0.4) is 0 Å². The summed E-state index contributed by atoms with van der Waals surface area (Å²) in [7, 11) is 0. The van der Waals surface area contributed by atoms with Crippen molar-refractivity contribution in [2.45, 2.75) is 71.8 Å². The van der Waals surface area contributed by atoms with E-state index >= 15 is 0 Å². The minimum absolute atomic E-state index is 0.0418. The van der Waals surface area contributed by atoms with Gasteiger partial charge in [0.25, 0.3) is 0 Å². The van der Waals surface area contributed by atoms with Crippen molar-refractivity contribution in [1.29, 1.82) is 0 Å². The maximum atomic E-state index is 12.2. The highest BCUT2D eigenvalue weighted by Gasteiger charge is 2.62. The van der Waals surface area contributed by atoms with Gasteiger partial charge in [-0.05, 0) is 86.4 Å². The summed E-state index contributed by atoms with van der Waals surface area (Å²) in [5.74, 6) is 2.99. The number of carbonyl (C=O) groups excluding carboxylic acids is 1. The number of allylic oxidation sites excluding steroid dienone is 2. The summed E-state index contributed by atoms with van der Waals surface area (Å²) in [6.07, 6.45) is 12.5.